The molecule has 0 bridgehead atoms. The summed E-state index contributed by atoms with van der Waals surface area (Å²) in [6, 6.07) is 7.03. The van der Waals surface area contributed by atoms with Crippen LogP contribution >= 0.6 is 0 Å². The van der Waals surface area contributed by atoms with Crippen molar-refractivity contribution in [2.45, 2.75) is 27.2 Å². The normalized spacial score (nSPS) is 15.4. The van der Waals surface area contributed by atoms with Crippen molar-refractivity contribution in [3.63, 3.8) is 0 Å². The number of imide groups is 1. The van der Waals surface area contributed by atoms with Crippen LogP contribution in [0.25, 0.3) is 0 Å². The number of nitrogens with zero attached hydrogens (tertiary/aromatic N) is 1. The van der Waals surface area contributed by atoms with Gasteiger partial charge in [-0.2, -0.15) is 0 Å². The van der Waals surface area contributed by atoms with Crippen LogP contribution in [0.2, 0.25) is 0 Å². The molecule has 19 heavy (non-hydrogen) atoms. The van der Waals surface area contributed by atoms with Crippen molar-refractivity contribution in [3.05, 3.63) is 35.4 Å². The standard InChI is InChI=1S/C15H17NO3/c1-15(2,3)12(17)9-16-13(18)8-10-6-4-5-7-11(10)14(16)19/h4-7H,8-9H2,1-3H3. The summed E-state index contributed by atoms with van der Waals surface area (Å²) >= 11 is 0. The number of ketones is 1. The van der Waals surface area contributed by atoms with Crippen molar-refractivity contribution in [3.8, 4) is 0 Å². The van der Waals surface area contributed by atoms with Crippen LogP contribution in [-0.4, -0.2) is 29.0 Å². The van der Waals surface area contributed by atoms with Gasteiger partial charge in [-0.3, -0.25) is 19.3 Å². The van der Waals surface area contributed by atoms with E-state index in [0.29, 0.717) is 5.56 Å². The molecule has 0 atom stereocenters. The Bertz CT molecular complexity index is 555. The van der Waals surface area contributed by atoms with E-state index in [1.807, 2.05) is 0 Å². The Morgan fingerprint density at radius 2 is 1.84 bits per heavy atom. The maximum atomic E-state index is 12.2. The summed E-state index contributed by atoms with van der Waals surface area (Å²) in [6.07, 6.45) is 0.180. The van der Waals surface area contributed by atoms with E-state index in [1.165, 1.54) is 0 Å². The lowest BCUT2D eigenvalue weighted by atomic mass is 9.89. The van der Waals surface area contributed by atoms with Crippen LogP contribution in [0.4, 0.5) is 0 Å². The first-order valence-electron chi connectivity index (χ1n) is 6.26. The zero-order valence-electron chi connectivity index (χ0n) is 11.4. The summed E-state index contributed by atoms with van der Waals surface area (Å²) in [5, 5.41) is 0. The molecule has 1 aliphatic heterocycles. The van der Waals surface area contributed by atoms with Gasteiger partial charge in [-0.15, -0.1) is 0 Å². The van der Waals surface area contributed by atoms with Crippen molar-refractivity contribution in [1.82, 2.24) is 4.90 Å². The van der Waals surface area contributed by atoms with Crippen molar-refractivity contribution in [1.29, 1.82) is 0 Å². The number of carbonyl (C=O) groups is 3. The molecule has 2 rings (SSSR count). The first kappa shape index (κ1) is 13.5. The van der Waals surface area contributed by atoms with Gasteiger partial charge in [0.05, 0.1) is 13.0 Å². The van der Waals surface area contributed by atoms with Gasteiger partial charge in [-0.25, -0.2) is 0 Å². The van der Waals surface area contributed by atoms with Crippen LogP contribution in [0.3, 0.4) is 0 Å². The quantitative estimate of drug-likeness (QED) is 0.761. The Morgan fingerprint density at radius 1 is 1.21 bits per heavy atom. The highest BCUT2D eigenvalue weighted by Crippen LogP contribution is 2.22. The highest BCUT2D eigenvalue weighted by atomic mass is 16.2. The first-order valence-corrected chi connectivity index (χ1v) is 6.26. The second kappa shape index (κ2) is 4.61. The molecule has 0 aliphatic carbocycles. The Hall–Kier alpha value is -1.97. The van der Waals surface area contributed by atoms with E-state index in [0.717, 1.165) is 10.5 Å². The topological polar surface area (TPSA) is 54.5 Å². The third-order valence-electron chi connectivity index (χ3n) is 3.27. The zero-order chi connectivity index (χ0) is 14.2. The monoisotopic (exact) mass is 259 g/mol. The molecule has 4 heteroatoms. The molecule has 0 N–H and O–H groups in total. The molecule has 0 unspecified atom stereocenters. The van der Waals surface area contributed by atoms with Crippen LogP contribution < -0.4 is 0 Å². The summed E-state index contributed by atoms with van der Waals surface area (Å²) in [4.78, 5) is 37.3. The third-order valence-corrected chi connectivity index (χ3v) is 3.27. The predicted octanol–water partition coefficient (Wildman–Crippen LogP) is 1.83. The molecule has 0 saturated heterocycles. The summed E-state index contributed by atoms with van der Waals surface area (Å²) in [5.41, 5.74) is 0.693. The molecule has 1 aliphatic rings. The summed E-state index contributed by atoms with van der Waals surface area (Å²) < 4.78 is 0. The van der Waals surface area contributed by atoms with E-state index in [4.69, 9.17) is 0 Å². The average molecular weight is 259 g/mol. The Balaban J connectivity index is 2.27. The van der Waals surface area contributed by atoms with E-state index < -0.39 is 5.41 Å². The highest BCUT2D eigenvalue weighted by Gasteiger charge is 2.34. The molecule has 1 aromatic rings. The molecule has 4 nitrogen and oxygen atoms in total. The van der Waals surface area contributed by atoms with Crippen LogP contribution in [0.5, 0.6) is 0 Å². The smallest absolute Gasteiger partial charge is 0.261 e. The summed E-state index contributed by atoms with van der Waals surface area (Å²) in [7, 11) is 0. The van der Waals surface area contributed by atoms with E-state index in [9.17, 15) is 14.4 Å². The van der Waals surface area contributed by atoms with Gasteiger partial charge in [0, 0.05) is 11.0 Å². The minimum atomic E-state index is -0.558. The van der Waals surface area contributed by atoms with E-state index in [-0.39, 0.29) is 30.6 Å². The van der Waals surface area contributed by atoms with E-state index in [1.54, 1.807) is 45.0 Å². The lowest BCUT2D eigenvalue weighted by Gasteiger charge is -2.28. The molecule has 0 fully saturated rings. The van der Waals surface area contributed by atoms with Gasteiger partial charge < -0.3 is 0 Å². The van der Waals surface area contributed by atoms with Gasteiger partial charge >= 0.3 is 0 Å². The average Bonchev–Trinajstić information content (AvgIpc) is 2.33. The van der Waals surface area contributed by atoms with Crippen LogP contribution in [0.15, 0.2) is 24.3 Å². The van der Waals surface area contributed by atoms with Gasteiger partial charge in [0.1, 0.15) is 0 Å². The first-order chi connectivity index (χ1) is 8.80. The number of Topliss-reactive ketones (excluding diaryl/α,β-unsaturated/α-hetero) is 1. The minimum absolute atomic E-state index is 0.117. The predicted molar refractivity (Wildman–Crippen MR) is 70.7 cm³/mol. The Morgan fingerprint density at radius 3 is 2.47 bits per heavy atom. The van der Waals surface area contributed by atoms with Crippen LogP contribution in [0.1, 0.15) is 36.7 Å². The van der Waals surface area contributed by atoms with Crippen molar-refractivity contribution < 1.29 is 14.4 Å². The third kappa shape index (κ3) is 2.57. The zero-order valence-corrected chi connectivity index (χ0v) is 11.4. The molecular formula is C15H17NO3. The van der Waals surface area contributed by atoms with Gasteiger partial charge in [0.15, 0.2) is 5.78 Å². The maximum absolute atomic E-state index is 12.2. The van der Waals surface area contributed by atoms with E-state index >= 15 is 0 Å². The lowest BCUT2D eigenvalue weighted by Crippen LogP contribution is -2.47. The minimum Gasteiger partial charge on any atom is -0.297 e. The molecule has 2 amide bonds. The summed E-state index contributed by atoms with van der Waals surface area (Å²) in [5.74, 6) is -0.792. The van der Waals surface area contributed by atoms with Gasteiger partial charge in [0.25, 0.3) is 5.91 Å². The largest absolute Gasteiger partial charge is 0.297 e. The Labute approximate surface area is 112 Å². The molecule has 0 saturated carbocycles. The fraction of sp³-hybridized carbons (Fsp3) is 0.400. The number of hydrogen-bond acceptors (Lipinski definition) is 3. The highest BCUT2D eigenvalue weighted by molar-refractivity contribution is 6.11. The molecular weight excluding hydrogens is 242 g/mol. The number of benzene rings is 1. The van der Waals surface area contributed by atoms with Gasteiger partial charge in [-0.1, -0.05) is 39.0 Å². The molecule has 1 heterocycles. The second-order valence-electron chi connectivity index (χ2n) is 5.79. The molecule has 100 valence electrons. The van der Waals surface area contributed by atoms with Crippen LogP contribution in [0, 0.1) is 5.41 Å². The van der Waals surface area contributed by atoms with Crippen molar-refractivity contribution in [2.24, 2.45) is 5.41 Å². The fourth-order valence-electron chi connectivity index (χ4n) is 1.94. The molecule has 0 aromatic heterocycles. The number of hydrogen-bond donors (Lipinski definition) is 0. The Kier molecular flexibility index (Phi) is 3.27. The SMILES string of the molecule is CC(C)(C)C(=O)CN1C(=O)Cc2ccccc2C1=O. The molecule has 1 aromatic carbocycles. The van der Waals surface area contributed by atoms with Crippen molar-refractivity contribution in [2.75, 3.05) is 6.54 Å². The second-order valence-corrected chi connectivity index (χ2v) is 5.79. The summed E-state index contributed by atoms with van der Waals surface area (Å²) in [6.45, 7) is 5.20. The molecule has 0 radical (unpaired) electrons. The number of carbonyl (C=O) groups excluding carboxylic acids is 3. The van der Waals surface area contributed by atoms with Crippen LogP contribution in [-0.2, 0) is 16.0 Å². The lowest BCUT2D eigenvalue weighted by molar-refractivity contribution is -0.135. The van der Waals surface area contributed by atoms with E-state index in [2.05, 4.69) is 0 Å². The maximum Gasteiger partial charge on any atom is 0.261 e. The van der Waals surface area contributed by atoms with Crippen molar-refractivity contribution >= 4 is 17.6 Å². The number of rotatable bonds is 2. The van der Waals surface area contributed by atoms with Gasteiger partial charge in [-0.05, 0) is 11.6 Å². The van der Waals surface area contributed by atoms with Gasteiger partial charge in [0.2, 0.25) is 5.91 Å². The molecule has 0 spiro atoms. The number of amides is 2. The fourth-order valence-corrected chi connectivity index (χ4v) is 1.94. The number of fused-ring (bicyclic) bond motifs is 1.